The molecular weight excluding hydrogens is 220 g/mol. The molecule has 0 aliphatic heterocycles. The SMILES string of the molecule is CCOc1cncc(C(=O)CNCCOC)c1. The van der Waals surface area contributed by atoms with Gasteiger partial charge in [0.25, 0.3) is 0 Å². The van der Waals surface area contributed by atoms with Crippen LogP contribution >= 0.6 is 0 Å². The normalized spacial score (nSPS) is 10.2. The number of nitrogens with zero attached hydrogens (tertiary/aromatic N) is 1. The van der Waals surface area contributed by atoms with Crippen LogP contribution in [0, 0.1) is 0 Å². The lowest BCUT2D eigenvalue weighted by Crippen LogP contribution is -2.26. The van der Waals surface area contributed by atoms with Crippen LogP contribution in [0.4, 0.5) is 0 Å². The first-order valence-electron chi connectivity index (χ1n) is 5.58. The van der Waals surface area contributed by atoms with Crippen LogP contribution < -0.4 is 10.1 Å². The van der Waals surface area contributed by atoms with E-state index in [1.54, 1.807) is 25.6 Å². The van der Waals surface area contributed by atoms with Crippen LogP contribution in [0.15, 0.2) is 18.5 Å². The van der Waals surface area contributed by atoms with Crippen molar-refractivity contribution in [3.05, 3.63) is 24.0 Å². The maximum atomic E-state index is 11.8. The number of ketones is 1. The van der Waals surface area contributed by atoms with Crippen LogP contribution in [0.25, 0.3) is 0 Å². The smallest absolute Gasteiger partial charge is 0.178 e. The summed E-state index contributed by atoms with van der Waals surface area (Å²) in [4.78, 5) is 15.7. The highest BCUT2D eigenvalue weighted by Gasteiger charge is 2.06. The van der Waals surface area contributed by atoms with E-state index in [1.165, 1.54) is 0 Å². The van der Waals surface area contributed by atoms with E-state index in [-0.39, 0.29) is 12.3 Å². The van der Waals surface area contributed by atoms with E-state index in [0.717, 1.165) is 0 Å². The summed E-state index contributed by atoms with van der Waals surface area (Å²) in [7, 11) is 1.62. The molecule has 1 aromatic rings. The van der Waals surface area contributed by atoms with E-state index in [0.29, 0.717) is 31.1 Å². The Morgan fingerprint density at radius 3 is 3.00 bits per heavy atom. The molecule has 1 N–H and O–H groups in total. The number of Topliss-reactive ketones (excluding diaryl/α,β-unsaturated/α-hetero) is 1. The van der Waals surface area contributed by atoms with E-state index in [2.05, 4.69) is 10.3 Å². The first-order valence-corrected chi connectivity index (χ1v) is 5.58. The lowest BCUT2D eigenvalue weighted by molar-refractivity contribution is 0.0986. The highest BCUT2D eigenvalue weighted by molar-refractivity contribution is 5.97. The lowest BCUT2D eigenvalue weighted by atomic mass is 10.2. The number of carbonyl (C=O) groups excluding carboxylic acids is 1. The monoisotopic (exact) mass is 238 g/mol. The highest BCUT2D eigenvalue weighted by Crippen LogP contribution is 2.11. The molecule has 0 saturated heterocycles. The second-order valence-corrected chi connectivity index (χ2v) is 3.44. The molecule has 5 heteroatoms. The molecule has 0 amide bonds. The van der Waals surface area contributed by atoms with Crippen LogP contribution in [0.3, 0.4) is 0 Å². The third-order valence-electron chi connectivity index (χ3n) is 2.11. The van der Waals surface area contributed by atoms with Gasteiger partial charge in [0.2, 0.25) is 0 Å². The lowest BCUT2D eigenvalue weighted by Gasteiger charge is -2.05. The van der Waals surface area contributed by atoms with Crippen molar-refractivity contribution >= 4 is 5.78 Å². The van der Waals surface area contributed by atoms with E-state index < -0.39 is 0 Å². The Bertz CT molecular complexity index is 355. The molecular formula is C12H18N2O3. The Morgan fingerprint density at radius 2 is 2.29 bits per heavy atom. The van der Waals surface area contributed by atoms with Gasteiger partial charge in [-0.2, -0.15) is 0 Å². The Morgan fingerprint density at radius 1 is 1.47 bits per heavy atom. The summed E-state index contributed by atoms with van der Waals surface area (Å²) in [5.41, 5.74) is 0.556. The van der Waals surface area contributed by atoms with Crippen molar-refractivity contribution in [1.29, 1.82) is 0 Å². The molecule has 0 saturated carbocycles. The van der Waals surface area contributed by atoms with Crippen LogP contribution in [0.2, 0.25) is 0 Å². The molecule has 0 unspecified atom stereocenters. The Hall–Kier alpha value is -1.46. The summed E-state index contributed by atoms with van der Waals surface area (Å²) in [6.45, 7) is 3.97. The molecule has 0 aliphatic carbocycles. The summed E-state index contributed by atoms with van der Waals surface area (Å²) in [5, 5.41) is 2.99. The minimum atomic E-state index is -0.00449. The molecule has 1 rings (SSSR count). The van der Waals surface area contributed by atoms with Gasteiger partial charge in [0.15, 0.2) is 5.78 Å². The van der Waals surface area contributed by atoms with Crippen molar-refractivity contribution in [3.8, 4) is 5.75 Å². The third-order valence-corrected chi connectivity index (χ3v) is 2.11. The predicted octanol–water partition coefficient (Wildman–Crippen LogP) is 0.899. The topological polar surface area (TPSA) is 60.5 Å². The number of aromatic nitrogens is 1. The van der Waals surface area contributed by atoms with Gasteiger partial charge in [-0.15, -0.1) is 0 Å². The number of nitrogens with one attached hydrogen (secondary N) is 1. The van der Waals surface area contributed by atoms with Gasteiger partial charge < -0.3 is 14.8 Å². The second kappa shape index (κ2) is 7.76. The number of hydrogen-bond acceptors (Lipinski definition) is 5. The zero-order chi connectivity index (χ0) is 12.5. The van der Waals surface area contributed by atoms with E-state index in [4.69, 9.17) is 9.47 Å². The summed E-state index contributed by atoms with van der Waals surface area (Å²) in [6, 6.07) is 1.71. The summed E-state index contributed by atoms with van der Waals surface area (Å²) >= 11 is 0. The fraction of sp³-hybridized carbons (Fsp3) is 0.500. The van der Waals surface area contributed by atoms with E-state index in [1.807, 2.05) is 6.92 Å². The van der Waals surface area contributed by atoms with Crippen molar-refractivity contribution in [1.82, 2.24) is 10.3 Å². The highest BCUT2D eigenvalue weighted by atomic mass is 16.5. The zero-order valence-corrected chi connectivity index (χ0v) is 10.2. The van der Waals surface area contributed by atoms with Crippen molar-refractivity contribution in [2.75, 3.05) is 33.4 Å². The summed E-state index contributed by atoms with van der Waals surface area (Å²) in [5.74, 6) is 0.616. The quantitative estimate of drug-likeness (QED) is 0.538. The molecule has 0 aromatic carbocycles. The fourth-order valence-corrected chi connectivity index (χ4v) is 1.30. The molecule has 17 heavy (non-hydrogen) atoms. The second-order valence-electron chi connectivity index (χ2n) is 3.44. The van der Waals surface area contributed by atoms with Crippen molar-refractivity contribution < 1.29 is 14.3 Å². The molecule has 0 bridgehead atoms. The standard InChI is InChI=1S/C12H18N2O3/c1-3-17-11-6-10(7-14-8-11)12(15)9-13-4-5-16-2/h6-8,13H,3-5,9H2,1-2H3. The van der Waals surface area contributed by atoms with Crippen LogP contribution in [-0.2, 0) is 4.74 Å². The number of rotatable bonds is 8. The number of carbonyl (C=O) groups is 1. The molecule has 94 valence electrons. The van der Waals surface area contributed by atoms with Gasteiger partial charge in [-0.05, 0) is 13.0 Å². The Labute approximate surface area is 101 Å². The molecule has 0 aliphatic rings. The number of hydrogen-bond donors (Lipinski definition) is 1. The van der Waals surface area contributed by atoms with Gasteiger partial charge in [0.05, 0.1) is 26.0 Å². The van der Waals surface area contributed by atoms with Crippen LogP contribution in [0.5, 0.6) is 5.75 Å². The molecule has 0 spiro atoms. The molecule has 1 heterocycles. The van der Waals surface area contributed by atoms with Gasteiger partial charge in [-0.25, -0.2) is 0 Å². The van der Waals surface area contributed by atoms with Crippen molar-refractivity contribution in [3.63, 3.8) is 0 Å². The van der Waals surface area contributed by atoms with Gasteiger partial charge in [-0.3, -0.25) is 9.78 Å². The molecule has 5 nitrogen and oxygen atoms in total. The number of ether oxygens (including phenoxy) is 2. The van der Waals surface area contributed by atoms with Crippen molar-refractivity contribution in [2.45, 2.75) is 6.92 Å². The van der Waals surface area contributed by atoms with E-state index in [9.17, 15) is 4.79 Å². The molecule has 0 atom stereocenters. The third kappa shape index (κ3) is 4.93. The van der Waals surface area contributed by atoms with Crippen LogP contribution in [0.1, 0.15) is 17.3 Å². The van der Waals surface area contributed by atoms with Crippen LogP contribution in [-0.4, -0.2) is 44.2 Å². The summed E-state index contributed by atoms with van der Waals surface area (Å²) in [6.07, 6.45) is 3.14. The average Bonchev–Trinajstić information content (AvgIpc) is 2.35. The number of pyridine rings is 1. The van der Waals surface area contributed by atoms with Crippen molar-refractivity contribution in [2.24, 2.45) is 0 Å². The van der Waals surface area contributed by atoms with Gasteiger partial charge >= 0.3 is 0 Å². The molecule has 0 fully saturated rings. The largest absolute Gasteiger partial charge is 0.492 e. The fourth-order valence-electron chi connectivity index (χ4n) is 1.30. The van der Waals surface area contributed by atoms with Gasteiger partial charge in [0, 0.05) is 25.4 Å². The first kappa shape index (κ1) is 13.6. The summed E-state index contributed by atoms with van der Waals surface area (Å²) < 4.78 is 10.2. The Balaban J connectivity index is 2.47. The molecule has 1 aromatic heterocycles. The average molecular weight is 238 g/mol. The number of methoxy groups -OCH3 is 1. The van der Waals surface area contributed by atoms with Gasteiger partial charge in [0.1, 0.15) is 5.75 Å². The Kier molecular flexibility index (Phi) is 6.21. The first-order chi connectivity index (χ1) is 8.27. The zero-order valence-electron chi connectivity index (χ0n) is 10.2. The maximum Gasteiger partial charge on any atom is 0.178 e. The minimum absolute atomic E-state index is 0.00449. The van der Waals surface area contributed by atoms with Gasteiger partial charge in [-0.1, -0.05) is 0 Å². The minimum Gasteiger partial charge on any atom is -0.492 e. The predicted molar refractivity (Wildman–Crippen MR) is 64.5 cm³/mol. The maximum absolute atomic E-state index is 11.8. The molecule has 0 radical (unpaired) electrons. The van der Waals surface area contributed by atoms with E-state index >= 15 is 0 Å².